The number of hydrogen-bond acceptors (Lipinski definition) is 8. The molecule has 0 spiro atoms. The van der Waals surface area contributed by atoms with Crippen molar-refractivity contribution in [2.24, 2.45) is 5.41 Å². The van der Waals surface area contributed by atoms with Crippen LogP contribution in [0.2, 0.25) is 0 Å². The summed E-state index contributed by atoms with van der Waals surface area (Å²) in [4.78, 5) is 26.1. The lowest BCUT2D eigenvalue weighted by atomic mass is 9.82. The van der Waals surface area contributed by atoms with E-state index in [1.54, 1.807) is 64.5 Å². The van der Waals surface area contributed by atoms with Crippen molar-refractivity contribution >= 4 is 23.7 Å². The number of carbonyl (C=O) groups excluding carboxylic acids is 2. The number of benzene rings is 2. The Hall–Kier alpha value is -3.62. The van der Waals surface area contributed by atoms with E-state index in [4.69, 9.17) is 28.4 Å². The highest BCUT2D eigenvalue weighted by Gasteiger charge is 2.32. The lowest BCUT2D eigenvalue weighted by molar-refractivity contribution is -0.132. The van der Waals surface area contributed by atoms with Gasteiger partial charge in [-0.15, -0.1) is 0 Å². The first-order valence-electron chi connectivity index (χ1n) is 14.2. The van der Waals surface area contributed by atoms with Crippen LogP contribution >= 0.6 is 0 Å². The largest absolute Gasteiger partial charge is 0.493 e. The molecule has 2 aromatic rings. The zero-order valence-corrected chi connectivity index (χ0v) is 24.4. The fraction of sp³-hybridized carbons (Fsp3) is 0.455. The topological polar surface area (TPSA) is 89.5 Å². The molecule has 2 fully saturated rings. The van der Waals surface area contributed by atoms with Gasteiger partial charge in [0.1, 0.15) is 0 Å². The molecule has 8 heteroatoms. The van der Waals surface area contributed by atoms with Crippen molar-refractivity contribution in [2.45, 2.75) is 65.0 Å². The molecule has 4 rings (SSSR count). The van der Waals surface area contributed by atoms with Crippen LogP contribution in [0, 0.1) is 5.41 Å². The molecule has 0 amide bonds. The lowest BCUT2D eigenvalue weighted by Crippen LogP contribution is -2.30. The third kappa shape index (κ3) is 8.21. The number of rotatable bonds is 12. The minimum Gasteiger partial charge on any atom is -0.493 e. The highest BCUT2D eigenvalue weighted by molar-refractivity contribution is 6.16. The minimum atomic E-state index is -1.25. The first-order chi connectivity index (χ1) is 19.8. The SMILES string of the molecule is COc1cc(C=CC(=O)C(C)(C)C(=O)C=Cc2ccc(OC3CCCCO3)c(OC)c2)ccc1OC1CCCCO1. The predicted molar refractivity (Wildman–Crippen MR) is 156 cm³/mol. The molecule has 2 aromatic carbocycles. The Balaban J connectivity index is 1.38. The van der Waals surface area contributed by atoms with Crippen molar-refractivity contribution in [2.75, 3.05) is 27.4 Å². The van der Waals surface area contributed by atoms with Crippen molar-refractivity contribution in [1.29, 1.82) is 0 Å². The Morgan fingerprint density at radius 2 is 1.15 bits per heavy atom. The quantitative estimate of drug-likeness (QED) is 0.216. The van der Waals surface area contributed by atoms with Gasteiger partial charge in [0.2, 0.25) is 0 Å². The van der Waals surface area contributed by atoms with Crippen LogP contribution in [0.1, 0.15) is 63.5 Å². The Morgan fingerprint density at radius 1 is 0.707 bits per heavy atom. The molecule has 2 atom stereocenters. The first kappa shape index (κ1) is 30.3. The molecule has 0 aliphatic carbocycles. The molecule has 0 bridgehead atoms. The Kier molecular flexibility index (Phi) is 10.6. The van der Waals surface area contributed by atoms with Gasteiger partial charge in [0.05, 0.1) is 32.8 Å². The fourth-order valence-electron chi connectivity index (χ4n) is 4.54. The zero-order chi connectivity index (χ0) is 29.2. The van der Waals surface area contributed by atoms with Crippen LogP contribution in [0.25, 0.3) is 12.2 Å². The molecule has 2 aliphatic rings. The fourth-order valence-corrected chi connectivity index (χ4v) is 4.54. The van der Waals surface area contributed by atoms with E-state index in [1.807, 2.05) is 12.1 Å². The molecule has 0 aromatic heterocycles. The maximum absolute atomic E-state index is 13.0. The number of methoxy groups -OCH3 is 2. The standard InChI is InChI=1S/C33H40O8/c1-33(2,29(34)17-13-23-11-15-25(27(21-23)36-3)40-31-9-5-7-19-38-31)30(35)18-14-24-12-16-26(28(22-24)37-4)41-32-10-6-8-20-39-32/h11-18,21-22,31-32H,5-10,19-20H2,1-4H3. The third-order valence-corrected chi connectivity index (χ3v) is 7.25. The molecule has 41 heavy (non-hydrogen) atoms. The lowest BCUT2D eigenvalue weighted by Gasteiger charge is -2.24. The predicted octanol–water partition coefficient (Wildman–Crippen LogP) is 6.41. The van der Waals surface area contributed by atoms with Gasteiger partial charge in [-0.2, -0.15) is 0 Å². The number of ether oxygens (including phenoxy) is 6. The maximum Gasteiger partial charge on any atom is 0.200 e. The van der Waals surface area contributed by atoms with Crippen LogP contribution in [0.3, 0.4) is 0 Å². The molecular weight excluding hydrogens is 524 g/mol. The summed E-state index contributed by atoms with van der Waals surface area (Å²) in [5.41, 5.74) is 0.252. The van der Waals surface area contributed by atoms with E-state index >= 15 is 0 Å². The summed E-state index contributed by atoms with van der Waals surface area (Å²) < 4.78 is 34.2. The van der Waals surface area contributed by atoms with E-state index in [0.29, 0.717) is 36.2 Å². The average molecular weight is 565 g/mol. The van der Waals surface area contributed by atoms with Gasteiger partial charge in [-0.1, -0.05) is 24.3 Å². The van der Waals surface area contributed by atoms with Gasteiger partial charge in [0.15, 0.2) is 47.1 Å². The van der Waals surface area contributed by atoms with E-state index in [9.17, 15) is 9.59 Å². The van der Waals surface area contributed by atoms with Crippen LogP contribution < -0.4 is 18.9 Å². The maximum atomic E-state index is 13.0. The van der Waals surface area contributed by atoms with Gasteiger partial charge in [-0.3, -0.25) is 9.59 Å². The van der Waals surface area contributed by atoms with E-state index in [0.717, 1.165) is 49.7 Å². The highest BCUT2D eigenvalue weighted by atomic mass is 16.7. The van der Waals surface area contributed by atoms with E-state index in [1.165, 1.54) is 12.2 Å². The smallest absolute Gasteiger partial charge is 0.200 e. The van der Waals surface area contributed by atoms with Gasteiger partial charge < -0.3 is 28.4 Å². The Bertz CT molecular complexity index is 1150. The summed E-state index contributed by atoms with van der Waals surface area (Å²) in [7, 11) is 3.13. The number of hydrogen-bond donors (Lipinski definition) is 0. The van der Waals surface area contributed by atoms with Gasteiger partial charge >= 0.3 is 0 Å². The van der Waals surface area contributed by atoms with Crippen molar-refractivity contribution in [3.63, 3.8) is 0 Å². The van der Waals surface area contributed by atoms with Crippen molar-refractivity contribution < 1.29 is 38.0 Å². The number of allylic oxidation sites excluding steroid dienone is 2. The van der Waals surface area contributed by atoms with E-state index in [-0.39, 0.29) is 24.1 Å². The van der Waals surface area contributed by atoms with E-state index < -0.39 is 5.41 Å². The second kappa shape index (κ2) is 14.3. The second-order valence-electron chi connectivity index (χ2n) is 10.7. The van der Waals surface area contributed by atoms with Crippen molar-refractivity contribution in [3.8, 4) is 23.0 Å². The Labute approximate surface area is 242 Å². The second-order valence-corrected chi connectivity index (χ2v) is 10.7. The van der Waals surface area contributed by atoms with Gasteiger partial charge in [-0.05, 0) is 87.1 Å². The van der Waals surface area contributed by atoms with Crippen LogP contribution in [-0.4, -0.2) is 51.6 Å². The number of ketones is 2. The molecule has 8 nitrogen and oxygen atoms in total. The van der Waals surface area contributed by atoms with Crippen molar-refractivity contribution in [1.82, 2.24) is 0 Å². The third-order valence-electron chi connectivity index (χ3n) is 7.25. The van der Waals surface area contributed by atoms with Crippen molar-refractivity contribution in [3.05, 3.63) is 59.7 Å². The molecule has 2 saturated heterocycles. The molecule has 2 unspecified atom stereocenters. The average Bonchev–Trinajstić information content (AvgIpc) is 3.00. The van der Waals surface area contributed by atoms with Gasteiger partial charge in [0.25, 0.3) is 0 Å². The number of carbonyl (C=O) groups is 2. The molecule has 2 aliphatic heterocycles. The van der Waals surface area contributed by atoms with Gasteiger partial charge in [0, 0.05) is 12.8 Å². The summed E-state index contributed by atoms with van der Waals surface area (Å²) in [5, 5.41) is 0. The normalized spacial score (nSPS) is 19.7. The van der Waals surface area contributed by atoms with E-state index in [2.05, 4.69) is 0 Å². The molecule has 2 heterocycles. The summed E-state index contributed by atoms with van der Waals surface area (Å²) in [6, 6.07) is 10.8. The van der Waals surface area contributed by atoms with Gasteiger partial charge in [-0.25, -0.2) is 0 Å². The Morgan fingerprint density at radius 3 is 1.51 bits per heavy atom. The van der Waals surface area contributed by atoms with Crippen LogP contribution in [0.4, 0.5) is 0 Å². The van der Waals surface area contributed by atoms with Crippen LogP contribution in [0.15, 0.2) is 48.6 Å². The first-order valence-corrected chi connectivity index (χ1v) is 14.2. The molecule has 220 valence electrons. The molecule has 0 N–H and O–H groups in total. The molecular formula is C33H40O8. The van der Waals surface area contributed by atoms with Crippen LogP contribution in [0.5, 0.6) is 23.0 Å². The molecule has 0 radical (unpaired) electrons. The summed E-state index contributed by atoms with van der Waals surface area (Å²) in [6.07, 6.45) is 11.5. The molecule has 0 saturated carbocycles. The monoisotopic (exact) mass is 564 g/mol. The highest BCUT2D eigenvalue weighted by Crippen LogP contribution is 2.33. The zero-order valence-electron chi connectivity index (χ0n) is 24.4. The summed E-state index contributed by atoms with van der Waals surface area (Å²) in [5.74, 6) is 1.64. The van der Waals surface area contributed by atoms with Crippen LogP contribution in [-0.2, 0) is 19.1 Å². The summed E-state index contributed by atoms with van der Waals surface area (Å²) in [6.45, 7) is 4.61. The summed E-state index contributed by atoms with van der Waals surface area (Å²) >= 11 is 0. The minimum absolute atomic E-state index is 0.288.